The summed E-state index contributed by atoms with van der Waals surface area (Å²) in [5.41, 5.74) is 1.29. The van der Waals surface area contributed by atoms with E-state index >= 15 is 0 Å². The molecule has 1 atom stereocenters. The van der Waals surface area contributed by atoms with Crippen LogP contribution >= 0.6 is 11.8 Å². The van der Waals surface area contributed by atoms with Crippen LogP contribution in [-0.4, -0.2) is 11.5 Å². The Kier molecular flexibility index (Phi) is 3.74. The zero-order valence-corrected chi connectivity index (χ0v) is 11.5. The minimum atomic E-state index is 0.175. The second-order valence-electron chi connectivity index (χ2n) is 5.49. The van der Waals surface area contributed by atoms with E-state index in [0.717, 1.165) is 18.6 Å². The molecule has 3 rings (SSSR count). The van der Waals surface area contributed by atoms with Gasteiger partial charge in [-0.3, -0.25) is 4.79 Å². The molecule has 0 bridgehead atoms. The minimum Gasteiger partial charge on any atom is -0.299 e. The highest BCUT2D eigenvalue weighted by Crippen LogP contribution is 2.42. The minimum absolute atomic E-state index is 0.175. The molecular weight excluding hydrogens is 240 g/mol. The lowest BCUT2D eigenvalue weighted by Crippen LogP contribution is -2.22. The van der Waals surface area contributed by atoms with Gasteiger partial charge in [-0.1, -0.05) is 43.9 Å². The van der Waals surface area contributed by atoms with Gasteiger partial charge in [0, 0.05) is 16.6 Å². The van der Waals surface area contributed by atoms with E-state index in [1.165, 1.54) is 36.1 Å². The largest absolute Gasteiger partial charge is 0.299 e. The number of hydrogen-bond donors (Lipinski definition) is 0. The van der Waals surface area contributed by atoms with E-state index < -0.39 is 0 Å². The molecule has 0 spiro atoms. The average Bonchev–Trinajstić information content (AvgIpc) is 2.65. The molecule has 2 heteroatoms. The van der Waals surface area contributed by atoms with E-state index in [2.05, 4.69) is 24.3 Å². The number of benzene rings is 1. The SMILES string of the molecule is O=C(C1CCCCCC1)C1CSc2ccccc21. The number of carbonyl (C=O) groups is 1. The molecule has 1 nitrogen and oxygen atoms in total. The van der Waals surface area contributed by atoms with Crippen molar-refractivity contribution in [3.05, 3.63) is 29.8 Å². The number of fused-ring (bicyclic) bond motifs is 1. The van der Waals surface area contributed by atoms with Gasteiger partial charge in [-0.25, -0.2) is 0 Å². The fourth-order valence-corrected chi connectivity index (χ4v) is 4.49. The smallest absolute Gasteiger partial charge is 0.144 e. The number of ketones is 1. The summed E-state index contributed by atoms with van der Waals surface area (Å²) in [4.78, 5) is 14.0. The summed E-state index contributed by atoms with van der Waals surface area (Å²) in [6, 6.07) is 8.44. The van der Waals surface area contributed by atoms with Gasteiger partial charge in [0.15, 0.2) is 0 Å². The molecule has 1 saturated carbocycles. The highest BCUT2D eigenvalue weighted by atomic mass is 32.2. The Balaban J connectivity index is 1.77. The van der Waals surface area contributed by atoms with E-state index in [1.54, 1.807) is 0 Å². The molecule has 1 heterocycles. The fourth-order valence-electron chi connectivity index (χ4n) is 3.25. The third-order valence-corrected chi connectivity index (χ3v) is 5.48. The summed E-state index contributed by atoms with van der Waals surface area (Å²) in [6.07, 6.45) is 7.39. The van der Waals surface area contributed by atoms with Gasteiger partial charge in [-0.2, -0.15) is 0 Å². The van der Waals surface area contributed by atoms with Gasteiger partial charge >= 0.3 is 0 Å². The Morgan fingerprint density at radius 1 is 1.06 bits per heavy atom. The van der Waals surface area contributed by atoms with E-state index in [1.807, 2.05) is 11.8 Å². The maximum absolute atomic E-state index is 12.7. The van der Waals surface area contributed by atoms with Crippen molar-refractivity contribution < 1.29 is 4.79 Å². The van der Waals surface area contributed by atoms with E-state index in [-0.39, 0.29) is 5.92 Å². The van der Waals surface area contributed by atoms with Gasteiger partial charge in [-0.15, -0.1) is 11.8 Å². The molecule has 2 aliphatic rings. The molecule has 0 amide bonds. The lowest BCUT2D eigenvalue weighted by Gasteiger charge is -2.17. The Morgan fingerprint density at radius 2 is 1.78 bits per heavy atom. The van der Waals surface area contributed by atoms with Gasteiger partial charge in [0.25, 0.3) is 0 Å². The highest BCUT2D eigenvalue weighted by molar-refractivity contribution is 7.99. The Labute approximate surface area is 113 Å². The highest BCUT2D eigenvalue weighted by Gasteiger charge is 2.33. The monoisotopic (exact) mass is 260 g/mol. The predicted molar refractivity (Wildman–Crippen MR) is 76.1 cm³/mol. The zero-order valence-electron chi connectivity index (χ0n) is 10.7. The van der Waals surface area contributed by atoms with Crippen molar-refractivity contribution in [2.24, 2.45) is 5.92 Å². The molecule has 1 aliphatic carbocycles. The second kappa shape index (κ2) is 5.48. The van der Waals surface area contributed by atoms with Crippen molar-refractivity contribution in [2.45, 2.75) is 49.3 Å². The van der Waals surface area contributed by atoms with Crippen molar-refractivity contribution in [1.29, 1.82) is 0 Å². The first kappa shape index (κ1) is 12.3. The third-order valence-electron chi connectivity index (χ3n) is 4.30. The molecule has 1 aromatic carbocycles. The van der Waals surface area contributed by atoms with Gasteiger partial charge in [0.05, 0.1) is 5.92 Å². The quantitative estimate of drug-likeness (QED) is 0.732. The Bertz CT molecular complexity index is 432. The van der Waals surface area contributed by atoms with Crippen LogP contribution < -0.4 is 0 Å². The molecule has 1 unspecified atom stereocenters. The average molecular weight is 260 g/mol. The van der Waals surface area contributed by atoms with Crippen molar-refractivity contribution in [1.82, 2.24) is 0 Å². The van der Waals surface area contributed by atoms with Crippen molar-refractivity contribution in [3.8, 4) is 0 Å². The first-order valence-electron chi connectivity index (χ1n) is 7.12. The van der Waals surface area contributed by atoms with Crippen LogP contribution in [0.5, 0.6) is 0 Å². The maximum atomic E-state index is 12.7. The van der Waals surface area contributed by atoms with Gasteiger partial charge < -0.3 is 0 Å². The third kappa shape index (κ3) is 2.35. The van der Waals surface area contributed by atoms with Crippen molar-refractivity contribution in [3.63, 3.8) is 0 Å². The number of rotatable bonds is 2. The molecule has 0 N–H and O–H groups in total. The standard InChI is InChI=1S/C16H20OS/c17-16(12-7-3-1-2-4-8-12)14-11-18-15-10-6-5-9-13(14)15/h5-6,9-10,12,14H,1-4,7-8,11H2. The lowest BCUT2D eigenvalue weighted by molar-refractivity contribution is -0.124. The molecule has 1 aromatic rings. The summed E-state index contributed by atoms with van der Waals surface area (Å²) < 4.78 is 0. The molecule has 18 heavy (non-hydrogen) atoms. The molecule has 1 aliphatic heterocycles. The van der Waals surface area contributed by atoms with Crippen LogP contribution in [0.2, 0.25) is 0 Å². The van der Waals surface area contributed by atoms with E-state index in [9.17, 15) is 4.79 Å². The summed E-state index contributed by atoms with van der Waals surface area (Å²) in [7, 11) is 0. The molecular formula is C16H20OS. The molecule has 1 fully saturated rings. The molecule has 0 saturated heterocycles. The second-order valence-corrected chi connectivity index (χ2v) is 6.55. The summed E-state index contributed by atoms with van der Waals surface area (Å²) in [6.45, 7) is 0. The van der Waals surface area contributed by atoms with Gasteiger partial charge in [0.1, 0.15) is 5.78 Å². The normalized spacial score (nSPS) is 24.6. The number of carbonyl (C=O) groups excluding carboxylic acids is 1. The van der Waals surface area contributed by atoms with E-state index in [0.29, 0.717) is 11.7 Å². The Morgan fingerprint density at radius 3 is 2.56 bits per heavy atom. The number of Topliss-reactive ketones (excluding diaryl/α,β-unsaturated/α-hetero) is 1. The molecule has 0 radical (unpaired) electrons. The van der Waals surface area contributed by atoms with E-state index in [4.69, 9.17) is 0 Å². The first-order valence-corrected chi connectivity index (χ1v) is 8.10. The van der Waals surface area contributed by atoms with Crippen molar-refractivity contribution >= 4 is 17.5 Å². The molecule has 0 aromatic heterocycles. The van der Waals surface area contributed by atoms with Crippen LogP contribution in [0.1, 0.15) is 50.0 Å². The lowest BCUT2D eigenvalue weighted by atomic mass is 9.85. The van der Waals surface area contributed by atoms with Crippen LogP contribution in [0.15, 0.2) is 29.2 Å². The van der Waals surface area contributed by atoms with Gasteiger partial charge in [-0.05, 0) is 24.5 Å². The molecule has 96 valence electrons. The summed E-state index contributed by atoms with van der Waals surface area (Å²) in [5.74, 6) is 2.00. The van der Waals surface area contributed by atoms with Crippen molar-refractivity contribution in [2.75, 3.05) is 5.75 Å². The topological polar surface area (TPSA) is 17.1 Å². The fraction of sp³-hybridized carbons (Fsp3) is 0.562. The van der Waals surface area contributed by atoms with Crippen LogP contribution in [0.4, 0.5) is 0 Å². The van der Waals surface area contributed by atoms with Crippen LogP contribution in [0.3, 0.4) is 0 Å². The number of hydrogen-bond acceptors (Lipinski definition) is 2. The Hall–Kier alpha value is -0.760. The number of thioether (sulfide) groups is 1. The first-order chi connectivity index (χ1) is 8.86. The predicted octanol–water partition coefficient (Wildman–Crippen LogP) is 4.42. The zero-order chi connectivity index (χ0) is 12.4. The van der Waals surface area contributed by atoms with Gasteiger partial charge in [0.2, 0.25) is 0 Å². The van der Waals surface area contributed by atoms with Crippen LogP contribution in [-0.2, 0) is 4.79 Å². The van der Waals surface area contributed by atoms with Crippen LogP contribution in [0.25, 0.3) is 0 Å². The summed E-state index contributed by atoms with van der Waals surface area (Å²) >= 11 is 1.85. The maximum Gasteiger partial charge on any atom is 0.144 e. The summed E-state index contributed by atoms with van der Waals surface area (Å²) in [5, 5.41) is 0. The van der Waals surface area contributed by atoms with Crippen LogP contribution in [0, 0.1) is 5.92 Å².